The predicted octanol–water partition coefficient (Wildman–Crippen LogP) is 9.70. The minimum Gasteiger partial charge on any atom is -0.494 e. The van der Waals surface area contributed by atoms with E-state index >= 15 is 0 Å². The third-order valence-electron chi connectivity index (χ3n) is 8.48. The number of benzene rings is 1. The second kappa shape index (κ2) is 14.2. The van der Waals surface area contributed by atoms with Gasteiger partial charge in [0.05, 0.1) is 6.61 Å². The van der Waals surface area contributed by atoms with Gasteiger partial charge in [0.15, 0.2) is 0 Å². The summed E-state index contributed by atoms with van der Waals surface area (Å²) in [5.41, 5.74) is 1.54. The zero-order chi connectivity index (χ0) is 21.7. The largest absolute Gasteiger partial charge is 0.494 e. The van der Waals surface area contributed by atoms with Crippen LogP contribution in [0.2, 0.25) is 0 Å². The number of rotatable bonds is 13. The van der Waals surface area contributed by atoms with Crippen molar-refractivity contribution in [3.05, 3.63) is 29.8 Å². The summed E-state index contributed by atoms with van der Waals surface area (Å²) in [5, 5.41) is 0. The van der Waals surface area contributed by atoms with Gasteiger partial charge in [0.1, 0.15) is 5.75 Å². The van der Waals surface area contributed by atoms with Crippen LogP contribution in [-0.2, 0) is 0 Å². The first kappa shape index (κ1) is 24.7. The minimum absolute atomic E-state index is 0.781. The zero-order valence-corrected chi connectivity index (χ0v) is 20.8. The zero-order valence-electron chi connectivity index (χ0n) is 20.8. The highest BCUT2D eigenvalue weighted by Gasteiger charge is 2.22. The molecule has 0 aromatic heterocycles. The fraction of sp³-hybridized carbons (Fsp3) is 0.800. The summed E-state index contributed by atoms with van der Waals surface area (Å²) in [5.74, 6) is 4.82. The standard InChI is InChI=1S/C30H50O/c1-3-5-6-7-8-10-26-16-18-28(19-17-26)29-20-22-30(23-21-29)31-24-9-11-27-14-12-25(4-2)13-15-27/h20-23,25-28H,3-19,24H2,1-2H3. The van der Waals surface area contributed by atoms with Crippen LogP contribution >= 0.6 is 0 Å². The van der Waals surface area contributed by atoms with E-state index in [9.17, 15) is 0 Å². The van der Waals surface area contributed by atoms with Crippen LogP contribution < -0.4 is 4.74 Å². The molecule has 0 radical (unpaired) electrons. The molecule has 2 aliphatic rings. The van der Waals surface area contributed by atoms with Crippen molar-refractivity contribution in [2.24, 2.45) is 17.8 Å². The van der Waals surface area contributed by atoms with Gasteiger partial charge in [0.25, 0.3) is 0 Å². The summed E-state index contributed by atoms with van der Waals surface area (Å²) in [6.07, 6.45) is 24.1. The molecule has 0 unspecified atom stereocenters. The van der Waals surface area contributed by atoms with Gasteiger partial charge < -0.3 is 4.74 Å². The smallest absolute Gasteiger partial charge is 0.119 e. The van der Waals surface area contributed by atoms with E-state index in [0.29, 0.717) is 0 Å². The van der Waals surface area contributed by atoms with Crippen molar-refractivity contribution in [1.29, 1.82) is 0 Å². The van der Waals surface area contributed by atoms with Crippen LogP contribution in [0.3, 0.4) is 0 Å². The summed E-state index contributed by atoms with van der Waals surface area (Å²) in [6, 6.07) is 9.14. The summed E-state index contributed by atoms with van der Waals surface area (Å²) in [7, 11) is 0. The van der Waals surface area contributed by atoms with E-state index in [4.69, 9.17) is 4.74 Å². The van der Waals surface area contributed by atoms with Gasteiger partial charge in [-0.3, -0.25) is 0 Å². The summed E-state index contributed by atoms with van der Waals surface area (Å²) < 4.78 is 6.07. The molecule has 2 aliphatic carbocycles. The Balaban J connectivity index is 1.27. The maximum Gasteiger partial charge on any atom is 0.119 e. The number of ether oxygens (including phenoxy) is 1. The van der Waals surface area contributed by atoms with Gasteiger partial charge in [-0.2, -0.15) is 0 Å². The summed E-state index contributed by atoms with van der Waals surface area (Å²) in [6.45, 7) is 5.54. The molecule has 2 saturated carbocycles. The van der Waals surface area contributed by atoms with Gasteiger partial charge in [0.2, 0.25) is 0 Å². The molecule has 0 spiro atoms. The van der Waals surface area contributed by atoms with Crippen molar-refractivity contribution in [2.45, 2.75) is 129 Å². The van der Waals surface area contributed by atoms with Crippen LogP contribution in [0.1, 0.15) is 134 Å². The second-order valence-corrected chi connectivity index (χ2v) is 10.8. The summed E-state index contributed by atoms with van der Waals surface area (Å²) in [4.78, 5) is 0. The highest BCUT2D eigenvalue weighted by atomic mass is 16.5. The van der Waals surface area contributed by atoms with Gasteiger partial charge in [-0.15, -0.1) is 0 Å². The Bertz CT molecular complexity index is 561. The Kier molecular flexibility index (Phi) is 11.3. The molecule has 0 N–H and O–H groups in total. The molecule has 1 heteroatoms. The quantitative estimate of drug-likeness (QED) is 0.285. The maximum atomic E-state index is 6.07. The van der Waals surface area contributed by atoms with Crippen LogP contribution in [0.4, 0.5) is 0 Å². The van der Waals surface area contributed by atoms with E-state index in [0.717, 1.165) is 36.0 Å². The third-order valence-corrected chi connectivity index (χ3v) is 8.48. The minimum atomic E-state index is 0.781. The van der Waals surface area contributed by atoms with Gasteiger partial charge in [-0.25, -0.2) is 0 Å². The van der Waals surface area contributed by atoms with Crippen molar-refractivity contribution < 1.29 is 4.74 Å². The van der Waals surface area contributed by atoms with E-state index in [1.165, 1.54) is 109 Å². The maximum absolute atomic E-state index is 6.07. The molecule has 2 fully saturated rings. The molecule has 31 heavy (non-hydrogen) atoms. The number of hydrogen-bond donors (Lipinski definition) is 0. The van der Waals surface area contributed by atoms with Crippen LogP contribution in [0.5, 0.6) is 5.75 Å². The average molecular weight is 427 g/mol. The molecule has 0 saturated heterocycles. The molecule has 1 aromatic carbocycles. The first-order valence-corrected chi connectivity index (χ1v) is 14.0. The molecule has 0 aliphatic heterocycles. The van der Waals surface area contributed by atoms with Crippen molar-refractivity contribution >= 4 is 0 Å². The van der Waals surface area contributed by atoms with Crippen LogP contribution in [-0.4, -0.2) is 6.61 Å². The number of unbranched alkanes of at least 4 members (excludes halogenated alkanes) is 4. The average Bonchev–Trinajstić information content (AvgIpc) is 2.83. The molecular formula is C30H50O. The van der Waals surface area contributed by atoms with E-state index in [1.54, 1.807) is 5.56 Å². The lowest BCUT2D eigenvalue weighted by molar-refractivity contribution is 0.234. The highest BCUT2D eigenvalue weighted by Crippen LogP contribution is 2.38. The van der Waals surface area contributed by atoms with E-state index in [1.807, 2.05) is 0 Å². The van der Waals surface area contributed by atoms with E-state index in [2.05, 4.69) is 38.1 Å². The van der Waals surface area contributed by atoms with Crippen molar-refractivity contribution in [3.63, 3.8) is 0 Å². The molecule has 1 aromatic rings. The topological polar surface area (TPSA) is 9.23 Å². The van der Waals surface area contributed by atoms with Crippen LogP contribution in [0.25, 0.3) is 0 Å². The highest BCUT2D eigenvalue weighted by molar-refractivity contribution is 5.29. The lowest BCUT2D eigenvalue weighted by atomic mass is 9.77. The van der Waals surface area contributed by atoms with Crippen molar-refractivity contribution in [2.75, 3.05) is 6.61 Å². The monoisotopic (exact) mass is 426 g/mol. The Morgan fingerprint density at radius 1 is 0.645 bits per heavy atom. The first-order valence-electron chi connectivity index (χ1n) is 14.0. The van der Waals surface area contributed by atoms with Gasteiger partial charge in [-0.1, -0.05) is 96.6 Å². The Hall–Kier alpha value is -0.980. The lowest BCUT2D eigenvalue weighted by Gasteiger charge is -2.29. The molecule has 1 nitrogen and oxygen atoms in total. The molecule has 0 heterocycles. The fourth-order valence-corrected chi connectivity index (χ4v) is 6.15. The Labute approximate surface area is 193 Å². The number of hydrogen-bond acceptors (Lipinski definition) is 1. The van der Waals surface area contributed by atoms with Crippen molar-refractivity contribution in [1.82, 2.24) is 0 Å². The molecule has 0 amide bonds. The molecule has 3 rings (SSSR count). The van der Waals surface area contributed by atoms with Gasteiger partial charge in [0, 0.05) is 0 Å². The molecular weight excluding hydrogens is 376 g/mol. The van der Waals surface area contributed by atoms with Gasteiger partial charge in [-0.05, 0) is 79.9 Å². The third kappa shape index (κ3) is 8.82. The Morgan fingerprint density at radius 2 is 1.23 bits per heavy atom. The second-order valence-electron chi connectivity index (χ2n) is 10.8. The molecule has 0 atom stereocenters. The Morgan fingerprint density at radius 3 is 1.87 bits per heavy atom. The molecule has 176 valence electrons. The van der Waals surface area contributed by atoms with Crippen LogP contribution in [0.15, 0.2) is 24.3 Å². The molecule has 0 bridgehead atoms. The fourth-order valence-electron chi connectivity index (χ4n) is 6.15. The van der Waals surface area contributed by atoms with Crippen molar-refractivity contribution in [3.8, 4) is 5.75 Å². The van der Waals surface area contributed by atoms with E-state index < -0.39 is 0 Å². The van der Waals surface area contributed by atoms with E-state index in [-0.39, 0.29) is 0 Å². The summed E-state index contributed by atoms with van der Waals surface area (Å²) >= 11 is 0. The first-order chi connectivity index (χ1) is 15.3. The van der Waals surface area contributed by atoms with Gasteiger partial charge >= 0.3 is 0 Å². The lowest BCUT2D eigenvalue weighted by Crippen LogP contribution is -2.14. The van der Waals surface area contributed by atoms with Crippen LogP contribution in [0, 0.1) is 17.8 Å². The predicted molar refractivity (Wildman–Crippen MR) is 135 cm³/mol. The normalized spacial score (nSPS) is 26.6. The SMILES string of the molecule is CCCCCCCC1CCC(c2ccc(OCCCC3CCC(CC)CC3)cc2)CC1.